The lowest BCUT2D eigenvalue weighted by Gasteiger charge is -2.26. The molecule has 2 aliphatic rings. The molecule has 1 fully saturated rings. The fraction of sp³-hybridized carbons (Fsp3) is 0.286. The van der Waals surface area contributed by atoms with Crippen LogP contribution in [0.2, 0.25) is 0 Å². The van der Waals surface area contributed by atoms with Gasteiger partial charge in [0.05, 0.1) is 11.2 Å². The van der Waals surface area contributed by atoms with E-state index in [9.17, 15) is 9.50 Å². The van der Waals surface area contributed by atoms with Crippen molar-refractivity contribution in [1.29, 1.82) is 0 Å². The van der Waals surface area contributed by atoms with E-state index in [1.54, 1.807) is 30.7 Å². The van der Waals surface area contributed by atoms with Crippen molar-refractivity contribution in [3.63, 3.8) is 0 Å². The van der Waals surface area contributed by atoms with Gasteiger partial charge in [-0.05, 0) is 18.9 Å². The van der Waals surface area contributed by atoms with Gasteiger partial charge in [-0.25, -0.2) is 14.4 Å². The first-order valence-corrected chi connectivity index (χ1v) is 7.95. The summed E-state index contributed by atoms with van der Waals surface area (Å²) in [5.41, 5.74) is -0.533. The van der Waals surface area contributed by atoms with Crippen LogP contribution in [-0.4, -0.2) is 19.1 Å². The third-order valence-electron chi connectivity index (χ3n) is 3.65. The number of aliphatic imine (C=N–C) groups is 1. The molecule has 1 aromatic carbocycles. The number of nitrogens with zero attached hydrogens (tertiary/aromatic N) is 3. The Bertz CT molecular complexity index is 695. The second kappa shape index (κ2) is 4.43. The van der Waals surface area contributed by atoms with Crippen molar-refractivity contribution < 1.29 is 9.50 Å². The highest BCUT2D eigenvalue weighted by molar-refractivity contribution is 8.29. The molecule has 0 bridgehead atoms. The van der Waals surface area contributed by atoms with E-state index >= 15 is 0 Å². The van der Waals surface area contributed by atoms with E-state index in [-0.39, 0.29) is 5.82 Å². The number of rotatable bonds is 3. The van der Waals surface area contributed by atoms with Crippen LogP contribution in [0, 0.1) is 11.7 Å². The summed E-state index contributed by atoms with van der Waals surface area (Å²) < 4.78 is 15.8. The number of imidazole rings is 1. The number of aliphatic hydroxyl groups excluding tert-OH is 1. The molecule has 1 saturated carbocycles. The summed E-state index contributed by atoms with van der Waals surface area (Å²) in [5.74, 6) is 0.849. The van der Waals surface area contributed by atoms with Crippen molar-refractivity contribution in [3.8, 4) is 0 Å². The molecule has 1 N–H and O–H groups in total. The lowest BCUT2D eigenvalue weighted by molar-refractivity contribution is 0.262. The summed E-state index contributed by atoms with van der Waals surface area (Å²) in [6.07, 6.45) is 5.60. The molecule has 1 aromatic heterocycles. The maximum Gasteiger partial charge on any atom is 0.162 e. The zero-order valence-electron chi connectivity index (χ0n) is 10.6. The van der Waals surface area contributed by atoms with Gasteiger partial charge in [-0.1, -0.05) is 29.3 Å². The first-order chi connectivity index (χ1) is 9.75. The van der Waals surface area contributed by atoms with Crippen molar-refractivity contribution in [3.05, 3.63) is 48.2 Å². The molecular weight excluding hydrogens is 277 g/mol. The van der Waals surface area contributed by atoms with Crippen LogP contribution < -0.4 is 0 Å². The molecule has 1 aliphatic carbocycles. The largest absolute Gasteiger partial charge is 0.378 e. The molecule has 6 heteroatoms. The Morgan fingerprint density at radius 1 is 1.35 bits per heavy atom. The standard InChI is InChI=1S/C14H14FN3OS/c15-11-4-2-1-3-10(11)14(19)20-13(9-5-6-9)17-12-7-16-8-18(12)20/h1-4,7-9,14,19-20H,5-6H2. The highest BCUT2D eigenvalue weighted by Gasteiger charge is 2.39. The topological polar surface area (TPSA) is 50.4 Å². The Morgan fingerprint density at radius 2 is 2.15 bits per heavy atom. The monoisotopic (exact) mass is 291 g/mol. The molecule has 0 spiro atoms. The second-order valence-electron chi connectivity index (χ2n) is 5.08. The average molecular weight is 291 g/mol. The number of benzene rings is 1. The highest BCUT2D eigenvalue weighted by atomic mass is 32.2. The van der Waals surface area contributed by atoms with E-state index in [4.69, 9.17) is 0 Å². The molecule has 1 aliphatic heterocycles. The number of aliphatic hydroxyl groups is 1. The summed E-state index contributed by atoms with van der Waals surface area (Å²) >= 11 is -1.10. The lowest BCUT2D eigenvalue weighted by atomic mass is 10.2. The molecular formula is C14H14FN3OS. The van der Waals surface area contributed by atoms with Crippen LogP contribution in [0.15, 0.2) is 41.8 Å². The van der Waals surface area contributed by atoms with Crippen LogP contribution in [0.4, 0.5) is 10.2 Å². The van der Waals surface area contributed by atoms with Crippen LogP contribution in [-0.2, 0) is 0 Å². The molecule has 2 heterocycles. The minimum absolute atomic E-state index is 0.341. The number of fused-ring (bicyclic) bond motifs is 1. The van der Waals surface area contributed by atoms with Crippen molar-refractivity contribution in [1.82, 2.24) is 8.96 Å². The third kappa shape index (κ3) is 1.79. The van der Waals surface area contributed by atoms with Crippen LogP contribution in [0.3, 0.4) is 0 Å². The first kappa shape index (κ1) is 12.1. The second-order valence-corrected chi connectivity index (χ2v) is 7.15. The van der Waals surface area contributed by atoms with Gasteiger partial charge in [-0.3, -0.25) is 3.97 Å². The molecule has 0 radical (unpaired) electrons. The van der Waals surface area contributed by atoms with Gasteiger partial charge in [0, 0.05) is 11.5 Å². The number of hydrogen-bond donors (Lipinski definition) is 2. The normalized spacial score (nSPS) is 24.3. The van der Waals surface area contributed by atoms with Crippen LogP contribution in [0.1, 0.15) is 23.8 Å². The lowest BCUT2D eigenvalue weighted by Crippen LogP contribution is -2.12. The number of hydrogen-bond acceptors (Lipinski definition) is 3. The molecule has 0 amide bonds. The van der Waals surface area contributed by atoms with Gasteiger partial charge in [0.15, 0.2) is 5.82 Å². The van der Waals surface area contributed by atoms with Crippen molar-refractivity contribution >= 4 is 21.9 Å². The van der Waals surface area contributed by atoms with E-state index in [1.807, 2.05) is 3.97 Å². The van der Waals surface area contributed by atoms with E-state index in [0.717, 1.165) is 23.7 Å². The predicted octanol–water partition coefficient (Wildman–Crippen LogP) is 2.93. The summed E-state index contributed by atoms with van der Waals surface area (Å²) in [4.78, 5) is 8.67. The summed E-state index contributed by atoms with van der Waals surface area (Å²) in [6, 6.07) is 6.40. The quantitative estimate of drug-likeness (QED) is 0.854. The zero-order valence-corrected chi connectivity index (χ0v) is 11.5. The minimum Gasteiger partial charge on any atom is -0.378 e. The van der Waals surface area contributed by atoms with E-state index in [0.29, 0.717) is 11.5 Å². The van der Waals surface area contributed by atoms with E-state index < -0.39 is 16.5 Å². The van der Waals surface area contributed by atoms with Crippen LogP contribution >= 0.6 is 11.1 Å². The van der Waals surface area contributed by atoms with Crippen molar-refractivity contribution in [2.24, 2.45) is 10.9 Å². The molecule has 2 unspecified atom stereocenters. The number of aromatic nitrogens is 2. The van der Waals surface area contributed by atoms with Gasteiger partial charge in [-0.2, -0.15) is 0 Å². The Balaban J connectivity index is 1.77. The maximum atomic E-state index is 13.9. The maximum absolute atomic E-state index is 13.9. The summed E-state index contributed by atoms with van der Waals surface area (Å²) in [7, 11) is 0. The number of halogens is 1. The first-order valence-electron chi connectivity index (χ1n) is 6.58. The van der Waals surface area contributed by atoms with Crippen LogP contribution in [0.25, 0.3) is 0 Å². The Labute approximate surface area is 118 Å². The fourth-order valence-corrected chi connectivity index (χ4v) is 4.99. The van der Waals surface area contributed by atoms with Gasteiger partial charge in [0.25, 0.3) is 0 Å². The summed E-state index contributed by atoms with van der Waals surface area (Å²) in [5, 5.41) is 11.7. The Morgan fingerprint density at radius 3 is 2.90 bits per heavy atom. The Kier molecular flexibility index (Phi) is 2.68. The van der Waals surface area contributed by atoms with Crippen LogP contribution in [0.5, 0.6) is 0 Å². The SMILES string of the molecule is OC(c1ccccc1F)[SH]1C(C2CC2)=Nc2cncn21. The average Bonchev–Trinajstić information content (AvgIpc) is 3.08. The van der Waals surface area contributed by atoms with Crippen molar-refractivity contribution in [2.45, 2.75) is 18.3 Å². The molecule has 2 aromatic rings. The molecule has 20 heavy (non-hydrogen) atoms. The molecule has 4 nitrogen and oxygen atoms in total. The molecule has 4 rings (SSSR count). The van der Waals surface area contributed by atoms with Gasteiger partial charge in [-0.15, -0.1) is 0 Å². The summed E-state index contributed by atoms with van der Waals surface area (Å²) in [6.45, 7) is 0. The molecule has 0 saturated heterocycles. The predicted molar refractivity (Wildman–Crippen MR) is 77.8 cm³/mol. The highest BCUT2D eigenvalue weighted by Crippen LogP contribution is 2.56. The van der Waals surface area contributed by atoms with Gasteiger partial charge >= 0.3 is 0 Å². The van der Waals surface area contributed by atoms with Gasteiger partial charge < -0.3 is 5.11 Å². The third-order valence-corrected chi connectivity index (χ3v) is 6.10. The number of thiol groups is 1. The van der Waals surface area contributed by atoms with Gasteiger partial charge in [0.1, 0.15) is 17.6 Å². The minimum atomic E-state index is -1.10. The van der Waals surface area contributed by atoms with Crippen molar-refractivity contribution in [2.75, 3.05) is 0 Å². The zero-order chi connectivity index (χ0) is 13.7. The fourth-order valence-electron chi connectivity index (χ4n) is 2.49. The molecule has 104 valence electrons. The smallest absolute Gasteiger partial charge is 0.162 e. The Hall–Kier alpha value is -1.66. The van der Waals surface area contributed by atoms with E-state index in [2.05, 4.69) is 9.98 Å². The van der Waals surface area contributed by atoms with E-state index in [1.165, 1.54) is 6.07 Å². The van der Waals surface area contributed by atoms with Gasteiger partial charge in [0.2, 0.25) is 0 Å². The molecule has 2 atom stereocenters.